The molecule has 0 bridgehead atoms. The Kier molecular flexibility index (Phi) is 11.8. The first-order chi connectivity index (χ1) is 11.8. The van der Waals surface area contributed by atoms with Gasteiger partial charge in [-0.25, -0.2) is 0 Å². The van der Waals surface area contributed by atoms with Gasteiger partial charge in [0, 0.05) is 39.9 Å². The number of hydrogen-bond donors (Lipinski definition) is 2. The largest absolute Gasteiger partial charge is 0.382 e. The van der Waals surface area contributed by atoms with Crippen LogP contribution in [0.15, 0.2) is 35.3 Å². The first kappa shape index (κ1) is 20.5. The van der Waals surface area contributed by atoms with Crippen LogP contribution in [-0.2, 0) is 11.3 Å². The van der Waals surface area contributed by atoms with Crippen molar-refractivity contribution >= 4 is 5.96 Å². The molecule has 0 fully saturated rings. The fourth-order valence-electron chi connectivity index (χ4n) is 2.43. The van der Waals surface area contributed by atoms with E-state index >= 15 is 0 Å². The molecule has 0 amide bonds. The summed E-state index contributed by atoms with van der Waals surface area (Å²) >= 11 is 0. The van der Waals surface area contributed by atoms with Crippen molar-refractivity contribution in [3.8, 4) is 0 Å². The lowest BCUT2D eigenvalue weighted by atomic mass is 10.2. The van der Waals surface area contributed by atoms with Crippen LogP contribution in [0.2, 0.25) is 0 Å². The number of hydrogen-bond acceptors (Lipinski definition) is 3. The Bertz CT molecular complexity index is 436. The van der Waals surface area contributed by atoms with Crippen LogP contribution in [0, 0.1) is 0 Å². The molecule has 0 spiro atoms. The topological polar surface area (TPSA) is 48.9 Å². The van der Waals surface area contributed by atoms with Crippen molar-refractivity contribution in [2.24, 2.45) is 4.99 Å². The summed E-state index contributed by atoms with van der Waals surface area (Å²) in [5, 5.41) is 6.72. The number of benzene rings is 1. The minimum atomic E-state index is 0.801. The van der Waals surface area contributed by atoms with E-state index in [4.69, 9.17) is 4.74 Å². The van der Waals surface area contributed by atoms with Gasteiger partial charge in [-0.3, -0.25) is 4.99 Å². The van der Waals surface area contributed by atoms with Gasteiger partial charge in [0.15, 0.2) is 5.96 Å². The average molecular weight is 335 g/mol. The second-order valence-electron chi connectivity index (χ2n) is 5.91. The molecule has 24 heavy (non-hydrogen) atoms. The summed E-state index contributed by atoms with van der Waals surface area (Å²) in [7, 11) is 3.98. The van der Waals surface area contributed by atoms with Crippen molar-refractivity contribution in [3.63, 3.8) is 0 Å². The van der Waals surface area contributed by atoms with Crippen LogP contribution in [0.5, 0.6) is 0 Å². The van der Waals surface area contributed by atoms with Crippen LogP contribution < -0.4 is 10.6 Å². The highest BCUT2D eigenvalue weighted by molar-refractivity contribution is 5.79. The number of unbranched alkanes of at least 4 members (excludes halogenated alkanes) is 1. The lowest BCUT2D eigenvalue weighted by Gasteiger charge is -2.17. The molecule has 0 saturated heterocycles. The van der Waals surface area contributed by atoms with Gasteiger partial charge >= 0.3 is 0 Å². The van der Waals surface area contributed by atoms with Gasteiger partial charge in [-0.05, 0) is 45.3 Å². The summed E-state index contributed by atoms with van der Waals surface area (Å²) in [5.74, 6) is 0.886. The summed E-state index contributed by atoms with van der Waals surface area (Å²) < 4.78 is 5.33. The van der Waals surface area contributed by atoms with E-state index in [-0.39, 0.29) is 0 Å². The number of rotatable bonds is 12. The lowest BCUT2D eigenvalue weighted by Crippen LogP contribution is -2.39. The minimum Gasteiger partial charge on any atom is -0.382 e. The minimum absolute atomic E-state index is 0.801. The third-order valence-corrected chi connectivity index (χ3v) is 3.74. The van der Waals surface area contributed by atoms with E-state index < -0.39 is 0 Å². The van der Waals surface area contributed by atoms with Gasteiger partial charge in [0.2, 0.25) is 0 Å². The fraction of sp³-hybridized carbons (Fsp3) is 0.632. The lowest BCUT2D eigenvalue weighted by molar-refractivity contribution is 0.143. The summed E-state index contributed by atoms with van der Waals surface area (Å²) in [5.41, 5.74) is 1.36. The molecule has 0 radical (unpaired) electrons. The molecule has 2 N–H and O–H groups in total. The van der Waals surface area contributed by atoms with E-state index in [0.717, 1.165) is 64.6 Å². The van der Waals surface area contributed by atoms with E-state index in [0.29, 0.717) is 0 Å². The molecule has 5 heteroatoms. The van der Waals surface area contributed by atoms with Crippen molar-refractivity contribution in [1.29, 1.82) is 0 Å². The van der Waals surface area contributed by atoms with Gasteiger partial charge < -0.3 is 20.3 Å². The second kappa shape index (κ2) is 13.8. The van der Waals surface area contributed by atoms with Crippen molar-refractivity contribution < 1.29 is 4.74 Å². The summed E-state index contributed by atoms with van der Waals surface area (Å²) in [4.78, 5) is 6.60. The van der Waals surface area contributed by atoms with Gasteiger partial charge in [0.25, 0.3) is 0 Å². The van der Waals surface area contributed by atoms with E-state index in [1.54, 1.807) is 0 Å². The van der Waals surface area contributed by atoms with Crippen LogP contribution in [0.4, 0.5) is 0 Å². The predicted molar refractivity (Wildman–Crippen MR) is 102 cm³/mol. The average Bonchev–Trinajstić information content (AvgIpc) is 2.60. The van der Waals surface area contributed by atoms with Crippen molar-refractivity contribution in [3.05, 3.63) is 35.9 Å². The number of nitrogens with zero attached hydrogens (tertiary/aromatic N) is 2. The van der Waals surface area contributed by atoms with Gasteiger partial charge in [0.05, 0.1) is 0 Å². The predicted octanol–water partition coefficient (Wildman–Crippen LogP) is 2.49. The molecule has 0 heterocycles. The number of ether oxygens (including phenoxy) is 1. The van der Waals surface area contributed by atoms with Crippen molar-refractivity contribution in [2.45, 2.75) is 32.7 Å². The Hall–Kier alpha value is -1.59. The molecular formula is C19H34N4O. The summed E-state index contributed by atoms with van der Waals surface area (Å²) in [6.45, 7) is 7.59. The van der Waals surface area contributed by atoms with Gasteiger partial charge in [-0.15, -0.1) is 0 Å². The smallest absolute Gasteiger partial charge is 0.190 e. The molecule has 1 aromatic rings. The molecule has 1 rings (SSSR count). The molecule has 0 unspecified atom stereocenters. The standard InChI is InChI=1S/C19H34N4O/c1-4-24-16-9-8-13-21-19(20-2)22-14-10-15-23(3)17-18-11-6-5-7-12-18/h5-7,11-12H,4,8-10,13-17H2,1-3H3,(H2,20,21,22). The van der Waals surface area contributed by atoms with Crippen LogP contribution in [0.3, 0.4) is 0 Å². The summed E-state index contributed by atoms with van der Waals surface area (Å²) in [6, 6.07) is 10.6. The van der Waals surface area contributed by atoms with Crippen molar-refractivity contribution in [2.75, 3.05) is 46.9 Å². The van der Waals surface area contributed by atoms with E-state index in [2.05, 4.69) is 57.9 Å². The SMILES string of the molecule is CCOCCCCNC(=NC)NCCCN(C)Cc1ccccc1. The van der Waals surface area contributed by atoms with E-state index in [9.17, 15) is 0 Å². The van der Waals surface area contributed by atoms with E-state index in [1.165, 1.54) is 5.56 Å². The third kappa shape index (κ3) is 10.2. The number of nitrogens with one attached hydrogen (secondary N) is 2. The van der Waals surface area contributed by atoms with Crippen LogP contribution >= 0.6 is 0 Å². The Labute approximate surface area is 147 Å². The number of guanidine groups is 1. The Morgan fingerprint density at radius 1 is 1.08 bits per heavy atom. The molecule has 0 atom stereocenters. The summed E-state index contributed by atoms with van der Waals surface area (Å²) in [6.07, 6.45) is 3.27. The van der Waals surface area contributed by atoms with Crippen LogP contribution in [-0.4, -0.2) is 57.8 Å². The number of aliphatic imine (C=N–C) groups is 1. The highest BCUT2D eigenvalue weighted by atomic mass is 16.5. The molecule has 0 saturated carbocycles. The molecule has 136 valence electrons. The van der Waals surface area contributed by atoms with E-state index in [1.807, 2.05) is 14.0 Å². The zero-order valence-corrected chi connectivity index (χ0v) is 15.6. The Morgan fingerprint density at radius 3 is 2.46 bits per heavy atom. The van der Waals surface area contributed by atoms with Gasteiger partial charge in [0.1, 0.15) is 0 Å². The quantitative estimate of drug-likeness (QED) is 0.350. The molecule has 0 aromatic heterocycles. The fourth-order valence-corrected chi connectivity index (χ4v) is 2.43. The molecule has 0 aliphatic rings. The molecule has 0 aliphatic heterocycles. The maximum Gasteiger partial charge on any atom is 0.190 e. The zero-order valence-electron chi connectivity index (χ0n) is 15.6. The zero-order chi connectivity index (χ0) is 17.5. The first-order valence-electron chi connectivity index (χ1n) is 9.01. The van der Waals surface area contributed by atoms with Gasteiger partial charge in [-0.2, -0.15) is 0 Å². The monoisotopic (exact) mass is 334 g/mol. The Balaban J connectivity index is 2.05. The molecular weight excluding hydrogens is 300 g/mol. The maximum absolute atomic E-state index is 5.33. The van der Waals surface area contributed by atoms with Crippen LogP contribution in [0.1, 0.15) is 31.7 Å². The second-order valence-corrected chi connectivity index (χ2v) is 5.91. The maximum atomic E-state index is 5.33. The highest BCUT2D eigenvalue weighted by Crippen LogP contribution is 2.02. The highest BCUT2D eigenvalue weighted by Gasteiger charge is 2.01. The normalized spacial score (nSPS) is 11.8. The van der Waals surface area contributed by atoms with Crippen molar-refractivity contribution in [1.82, 2.24) is 15.5 Å². The van der Waals surface area contributed by atoms with Crippen LogP contribution in [0.25, 0.3) is 0 Å². The molecule has 0 aliphatic carbocycles. The van der Waals surface area contributed by atoms with Gasteiger partial charge in [-0.1, -0.05) is 30.3 Å². The Morgan fingerprint density at radius 2 is 1.79 bits per heavy atom. The third-order valence-electron chi connectivity index (χ3n) is 3.74. The molecule has 5 nitrogen and oxygen atoms in total. The molecule has 1 aromatic carbocycles. The first-order valence-corrected chi connectivity index (χ1v) is 9.01.